The van der Waals surface area contributed by atoms with Crippen LogP contribution in [0.25, 0.3) is 0 Å². The van der Waals surface area contributed by atoms with Crippen LogP contribution in [-0.4, -0.2) is 13.0 Å². The highest BCUT2D eigenvalue weighted by molar-refractivity contribution is 7.85. The van der Waals surface area contributed by atoms with Crippen LogP contribution in [0.5, 0.6) is 0 Å². The summed E-state index contributed by atoms with van der Waals surface area (Å²) in [6.45, 7) is 4.27. The van der Waals surface area contributed by atoms with E-state index in [2.05, 4.69) is 62.4 Å². The highest BCUT2D eigenvalue weighted by atomic mass is 127. The molecule has 3 nitrogen and oxygen atoms in total. The van der Waals surface area contributed by atoms with Crippen molar-refractivity contribution in [3.63, 3.8) is 0 Å². The quantitative estimate of drug-likeness (QED) is 0.415. The summed E-state index contributed by atoms with van der Waals surface area (Å²) in [4.78, 5) is -0.806. The summed E-state index contributed by atoms with van der Waals surface area (Å²) >= 11 is 0.00313. The van der Waals surface area contributed by atoms with Crippen molar-refractivity contribution in [2.75, 3.05) is 0 Å². The average Bonchev–Trinajstić information content (AvgIpc) is 2.59. The molecule has 0 heterocycles. The molecule has 0 saturated carbocycles. The molecule has 26 heavy (non-hydrogen) atoms. The highest BCUT2D eigenvalue weighted by Crippen LogP contribution is 2.11. The third-order valence-electron chi connectivity index (χ3n) is 3.35. The van der Waals surface area contributed by atoms with E-state index in [-0.39, 0.29) is 21.2 Å². The second-order valence-corrected chi connectivity index (χ2v) is 9.95. The number of hydrogen-bond acceptors (Lipinski definition) is 3. The zero-order chi connectivity index (χ0) is 19.2. The lowest BCUT2D eigenvalue weighted by atomic mass is 10.2. The molecule has 0 atom stereocenters. The van der Waals surface area contributed by atoms with Crippen molar-refractivity contribution in [3.05, 3.63) is 96.9 Å². The molecule has 0 aliphatic carbocycles. The van der Waals surface area contributed by atoms with Gasteiger partial charge in [-0.1, -0.05) is 47.5 Å². The Morgan fingerprint density at radius 3 is 1.54 bits per heavy atom. The first-order valence-electron chi connectivity index (χ1n) is 7.74. The first kappa shape index (κ1) is 20.5. The third-order valence-corrected chi connectivity index (χ3v) is 6.90. The van der Waals surface area contributed by atoms with Crippen LogP contribution in [0.3, 0.4) is 0 Å². The summed E-state index contributed by atoms with van der Waals surface area (Å²) in [5, 5.41) is 0. The van der Waals surface area contributed by atoms with Gasteiger partial charge in [0.1, 0.15) is 15.9 Å². The van der Waals surface area contributed by atoms with Gasteiger partial charge in [-0.2, -0.15) is 0 Å². The number of benzene rings is 3. The Bertz CT molecular complexity index is 910. The molecule has 0 radical (unpaired) electrons. The minimum Gasteiger partial charge on any atom is -0.744 e. The number of halogens is 2. The summed E-state index contributed by atoms with van der Waals surface area (Å²) in [6.07, 6.45) is 0. The van der Waals surface area contributed by atoms with E-state index < -0.39 is 20.8 Å². The van der Waals surface area contributed by atoms with E-state index in [0.29, 0.717) is 0 Å². The van der Waals surface area contributed by atoms with Gasteiger partial charge in [0, 0.05) is 0 Å². The molecule has 0 bridgehead atoms. The molecule has 0 aliphatic heterocycles. The van der Waals surface area contributed by atoms with Crippen LogP contribution >= 0.6 is 0 Å². The molecule has 3 rings (SSSR count). The molecule has 0 aromatic heterocycles. The van der Waals surface area contributed by atoms with Gasteiger partial charge >= 0.3 is 21.2 Å². The Morgan fingerprint density at radius 1 is 0.769 bits per heavy atom. The Morgan fingerprint density at radius 2 is 1.19 bits per heavy atom. The second kappa shape index (κ2) is 9.25. The van der Waals surface area contributed by atoms with Gasteiger partial charge in [-0.15, -0.1) is 0 Å². The molecule has 0 N–H and O–H groups in total. The highest BCUT2D eigenvalue weighted by Gasteiger charge is 2.14. The lowest BCUT2D eigenvalue weighted by Crippen LogP contribution is -3.61. The Hall–Kier alpha value is -1.77. The van der Waals surface area contributed by atoms with Crippen molar-refractivity contribution in [2.45, 2.75) is 18.7 Å². The van der Waals surface area contributed by atoms with Gasteiger partial charge < -0.3 is 4.55 Å². The van der Waals surface area contributed by atoms with Crippen molar-refractivity contribution >= 4 is 10.1 Å². The van der Waals surface area contributed by atoms with E-state index in [4.69, 9.17) is 0 Å². The summed E-state index contributed by atoms with van der Waals surface area (Å²) in [7, 11) is -4.66. The van der Waals surface area contributed by atoms with Gasteiger partial charge in [0.15, 0.2) is 7.14 Å². The summed E-state index contributed by atoms with van der Waals surface area (Å²) < 4.78 is 46.3. The SMILES string of the molecule is Cc1ccc([I+]c2ccc(C)cc2)cc1.O=S(=O)([O-])c1ccccc1F. The Kier molecular flexibility index (Phi) is 7.31. The number of aryl methyl sites for hydroxylation is 2. The molecule has 0 aliphatic rings. The molecule has 0 unspecified atom stereocenters. The monoisotopic (exact) mass is 484 g/mol. The van der Waals surface area contributed by atoms with Crippen molar-refractivity contribution in [1.29, 1.82) is 0 Å². The fourth-order valence-corrected chi connectivity index (χ4v) is 4.68. The standard InChI is InChI=1S/C14H14I.C6H5FO3S/c1-11-3-7-13(8-4-11)15-14-9-5-12(2)6-10-14;7-5-3-1-2-4-6(5)11(8,9)10/h3-10H,1-2H3;1-4H,(H,8,9,10)/q+1;/p-1. The van der Waals surface area contributed by atoms with Crippen LogP contribution in [0, 0.1) is 26.8 Å². The van der Waals surface area contributed by atoms with E-state index >= 15 is 0 Å². The predicted molar refractivity (Wildman–Crippen MR) is 94.1 cm³/mol. The molecule has 6 heteroatoms. The summed E-state index contributed by atoms with van der Waals surface area (Å²) in [6, 6.07) is 22.2. The van der Waals surface area contributed by atoms with Gasteiger partial charge in [0.25, 0.3) is 0 Å². The van der Waals surface area contributed by atoms with Crippen LogP contribution < -0.4 is 21.2 Å². The largest absolute Gasteiger partial charge is 0.744 e. The van der Waals surface area contributed by atoms with Crippen LogP contribution in [0.1, 0.15) is 11.1 Å². The molecule has 0 fully saturated rings. The van der Waals surface area contributed by atoms with Crippen LogP contribution in [0.15, 0.2) is 77.7 Å². The van der Waals surface area contributed by atoms with E-state index in [1.54, 1.807) is 0 Å². The Balaban J connectivity index is 0.000000197. The third kappa shape index (κ3) is 6.51. The van der Waals surface area contributed by atoms with Gasteiger partial charge in [-0.05, 0) is 50.2 Å². The Labute approximate surface area is 163 Å². The first-order valence-corrected chi connectivity index (χ1v) is 11.3. The predicted octanol–water partition coefficient (Wildman–Crippen LogP) is 1.16. The second-order valence-electron chi connectivity index (χ2n) is 5.57. The lowest BCUT2D eigenvalue weighted by Gasteiger charge is -2.06. The normalized spacial score (nSPS) is 10.8. The topological polar surface area (TPSA) is 57.2 Å². The minimum absolute atomic E-state index is 0.00313. The zero-order valence-electron chi connectivity index (χ0n) is 14.3. The molecule has 136 valence electrons. The fourth-order valence-electron chi connectivity index (χ4n) is 1.97. The smallest absolute Gasteiger partial charge is 0.357 e. The molecule has 0 spiro atoms. The maximum Gasteiger partial charge on any atom is 0.357 e. The molecular weight excluding hydrogens is 466 g/mol. The maximum absolute atomic E-state index is 12.5. The lowest BCUT2D eigenvalue weighted by molar-refractivity contribution is -0.597. The zero-order valence-corrected chi connectivity index (χ0v) is 17.3. The molecule has 0 amide bonds. The van der Waals surface area contributed by atoms with Crippen molar-refractivity contribution in [2.24, 2.45) is 0 Å². The van der Waals surface area contributed by atoms with E-state index in [1.807, 2.05) is 0 Å². The minimum atomic E-state index is -4.66. The number of hydrogen-bond donors (Lipinski definition) is 0. The van der Waals surface area contributed by atoms with Gasteiger partial charge in [0.05, 0.1) is 4.90 Å². The summed E-state index contributed by atoms with van der Waals surface area (Å²) in [5.74, 6) is -1.01. The summed E-state index contributed by atoms with van der Waals surface area (Å²) in [5.41, 5.74) is 2.68. The van der Waals surface area contributed by atoms with E-state index in [1.165, 1.54) is 30.4 Å². The first-order chi connectivity index (χ1) is 12.3. The van der Waals surface area contributed by atoms with E-state index in [9.17, 15) is 17.4 Å². The fraction of sp³-hybridized carbons (Fsp3) is 0.100. The van der Waals surface area contributed by atoms with Crippen LogP contribution in [0.2, 0.25) is 0 Å². The van der Waals surface area contributed by atoms with Crippen LogP contribution in [0.4, 0.5) is 4.39 Å². The van der Waals surface area contributed by atoms with Crippen LogP contribution in [-0.2, 0) is 10.1 Å². The van der Waals surface area contributed by atoms with Crippen molar-refractivity contribution < 1.29 is 38.6 Å². The van der Waals surface area contributed by atoms with Crippen molar-refractivity contribution in [1.82, 2.24) is 0 Å². The van der Waals surface area contributed by atoms with E-state index in [0.717, 1.165) is 12.1 Å². The maximum atomic E-state index is 12.5. The molecule has 3 aromatic rings. The molecule has 3 aromatic carbocycles. The van der Waals surface area contributed by atoms with Gasteiger partial charge in [0.2, 0.25) is 0 Å². The van der Waals surface area contributed by atoms with Crippen molar-refractivity contribution in [3.8, 4) is 0 Å². The molecular formula is C20H18FIO3S. The molecule has 0 saturated heterocycles. The average molecular weight is 484 g/mol. The number of rotatable bonds is 3. The van der Waals surface area contributed by atoms with Gasteiger partial charge in [-0.3, -0.25) is 0 Å². The van der Waals surface area contributed by atoms with Gasteiger partial charge in [-0.25, -0.2) is 12.8 Å².